The van der Waals surface area contributed by atoms with E-state index < -0.39 is 0 Å². The van der Waals surface area contributed by atoms with Crippen LogP contribution >= 0.6 is 0 Å². The minimum Gasteiger partial charge on any atom is -0.495 e. The zero-order chi connectivity index (χ0) is 19.2. The quantitative estimate of drug-likeness (QED) is 0.692. The Balaban J connectivity index is 1.79. The van der Waals surface area contributed by atoms with Crippen molar-refractivity contribution in [3.63, 3.8) is 0 Å². The average molecular weight is 362 g/mol. The van der Waals surface area contributed by atoms with E-state index in [1.54, 1.807) is 20.1 Å². The molecule has 0 aliphatic carbocycles. The number of carbonyl (C=O) groups excluding carboxylic acids is 1. The average Bonchev–Trinajstić information content (AvgIpc) is 2.68. The third-order valence-electron chi connectivity index (χ3n) is 4.09. The summed E-state index contributed by atoms with van der Waals surface area (Å²) in [5.41, 5.74) is 2.11. The summed E-state index contributed by atoms with van der Waals surface area (Å²) in [6, 6.07) is 18.8. The number of para-hydroxylation sites is 2. The normalized spacial score (nSPS) is 11.5. The standard InChI is InChI=1S/C21H22N4O2/c1-14(16-9-5-4-6-10-16)22-21(26)18-13-20(24-15(2)23-18)25-17-11-7-8-12-19(17)27-3/h4-14H,1-3H3,(H,22,26)(H,23,24,25). The topological polar surface area (TPSA) is 76.1 Å². The molecule has 0 radical (unpaired) electrons. The lowest BCUT2D eigenvalue weighted by Crippen LogP contribution is -2.27. The molecule has 1 heterocycles. The number of ether oxygens (including phenoxy) is 1. The van der Waals surface area contributed by atoms with Crippen LogP contribution in [0.3, 0.4) is 0 Å². The molecule has 138 valence electrons. The fraction of sp³-hybridized carbons (Fsp3) is 0.190. The molecule has 1 unspecified atom stereocenters. The number of hydrogen-bond donors (Lipinski definition) is 2. The SMILES string of the molecule is COc1ccccc1Nc1cc(C(=O)NC(C)c2ccccc2)nc(C)n1. The van der Waals surface area contributed by atoms with Crippen LogP contribution in [0.4, 0.5) is 11.5 Å². The van der Waals surface area contributed by atoms with Crippen LogP contribution < -0.4 is 15.4 Å². The molecule has 27 heavy (non-hydrogen) atoms. The van der Waals surface area contributed by atoms with Crippen LogP contribution in [0.25, 0.3) is 0 Å². The molecule has 0 saturated carbocycles. The molecular weight excluding hydrogens is 340 g/mol. The van der Waals surface area contributed by atoms with Crippen LogP contribution in [0.2, 0.25) is 0 Å². The van der Waals surface area contributed by atoms with Crippen molar-refractivity contribution in [2.24, 2.45) is 0 Å². The molecule has 3 aromatic rings. The van der Waals surface area contributed by atoms with Crippen molar-refractivity contribution in [2.75, 3.05) is 12.4 Å². The number of nitrogens with zero attached hydrogens (tertiary/aromatic N) is 2. The fourth-order valence-corrected chi connectivity index (χ4v) is 2.73. The van der Waals surface area contributed by atoms with Gasteiger partial charge in [-0.15, -0.1) is 0 Å². The Kier molecular flexibility index (Phi) is 5.66. The summed E-state index contributed by atoms with van der Waals surface area (Å²) in [5, 5.41) is 6.16. The maximum atomic E-state index is 12.7. The molecule has 1 amide bonds. The number of hydrogen-bond acceptors (Lipinski definition) is 5. The van der Waals surface area contributed by atoms with E-state index in [2.05, 4.69) is 20.6 Å². The summed E-state index contributed by atoms with van der Waals surface area (Å²) < 4.78 is 5.34. The van der Waals surface area contributed by atoms with E-state index >= 15 is 0 Å². The van der Waals surface area contributed by atoms with Gasteiger partial charge in [-0.05, 0) is 31.5 Å². The van der Waals surface area contributed by atoms with Crippen LogP contribution in [0.5, 0.6) is 5.75 Å². The second-order valence-electron chi connectivity index (χ2n) is 6.12. The van der Waals surface area contributed by atoms with Crippen molar-refractivity contribution < 1.29 is 9.53 Å². The molecule has 0 aliphatic rings. The Morgan fingerprint density at radius 2 is 1.74 bits per heavy atom. The van der Waals surface area contributed by atoms with Gasteiger partial charge in [0.1, 0.15) is 23.1 Å². The van der Waals surface area contributed by atoms with Crippen molar-refractivity contribution in [3.05, 3.63) is 77.7 Å². The van der Waals surface area contributed by atoms with E-state index in [-0.39, 0.29) is 11.9 Å². The molecule has 2 N–H and O–H groups in total. The Bertz CT molecular complexity index is 928. The van der Waals surface area contributed by atoms with Gasteiger partial charge in [-0.1, -0.05) is 42.5 Å². The first-order valence-corrected chi connectivity index (χ1v) is 8.68. The highest BCUT2D eigenvalue weighted by molar-refractivity contribution is 5.93. The van der Waals surface area contributed by atoms with E-state index in [1.165, 1.54) is 0 Å². The van der Waals surface area contributed by atoms with Crippen LogP contribution in [-0.2, 0) is 0 Å². The first kappa shape index (κ1) is 18.4. The maximum absolute atomic E-state index is 12.7. The molecule has 6 heteroatoms. The molecule has 1 atom stereocenters. The zero-order valence-electron chi connectivity index (χ0n) is 15.6. The number of amides is 1. The van der Waals surface area contributed by atoms with E-state index in [4.69, 9.17) is 4.74 Å². The van der Waals surface area contributed by atoms with Crippen molar-refractivity contribution in [2.45, 2.75) is 19.9 Å². The minimum atomic E-state index is -0.250. The number of carbonyl (C=O) groups is 1. The molecule has 6 nitrogen and oxygen atoms in total. The second kappa shape index (κ2) is 8.31. The molecule has 0 fully saturated rings. The van der Waals surface area contributed by atoms with Gasteiger partial charge in [0.25, 0.3) is 5.91 Å². The maximum Gasteiger partial charge on any atom is 0.270 e. The zero-order valence-corrected chi connectivity index (χ0v) is 15.6. The van der Waals surface area contributed by atoms with Crippen LogP contribution in [0, 0.1) is 6.92 Å². The van der Waals surface area contributed by atoms with Crippen molar-refractivity contribution in [1.29, 1.82) is 0 Å². The number of rotatable bonds is 6. The van der Waals surface area contributed by atoms with Gasteiger partial charge >= 0.3 is 0 Å². The van der Waals surface area contributed by atoms with Crippen molar-refractivity contribution in [1.82, 2.24) is 15.3 Å². The molecule has 2 aromatic carbocycles. The Labute approximate surface area is 158 Å². The minimum absolute atomic E-state index is 0.125. The van der Waals surface area contributed by atoms with Gasteiger partial charge < -0.3 is 15.4 Å². The first-order valence-electron chi connectivity index (χ1n) is 8.68. The van der Waals surface area contributed by atoms with E-state index in [0.29, 0.717) is 23.1 Å². The third-order valence-corrected chi connectivity index (χ3v) is 4.09. The van der Waals surface area contributed by atoms with E-state index in [9.17, 15) is 4.79 Å². The summed E-state index contributed by atoms with van der Waals surface area (Å²) >= 11 is 0. The van der Waals surface area contributed by atoms with Crippen LogP contribution in [-0.4, -0.2) is 23.0 Å². The smallest absolute Gasteiger partial charge is 0.270 e. The summed E-state index contributed by atoms with van der Waals surface area (Å²) in [6.07, 6.45) is 0. The molecule has 0 spiro atoms. The molecule has 1 aromatic heterocycles. The highest BCUT2D eigenvalue weighted by atomic mass is 16.5. The van der Waals surface area contributed by atoms with Gasteiger partial charge in [0.15, 0.2) is 0 Å². The number of benzene rings is 2. The predicted molar refractivity (Wildman–Crippen MR) is 105 cm³/mol. The summed E-state index contributed by atoms with van der Waals surface area (Å²) in [5.74, 6) is 1.48. The molecular formula is C21H22N4O2. The summed E-state index contributed by atoms with van der Waals surface area (Å²) in [4.78, 5) is 21.3. The summed E-state index contributed by atoms with van der Waals surface area (Å²) in [7, 11) is 1.61. The molecule has 0 saturated heterocycles. The highest BCUT2D eigenvalue weighted by Gasteiger charge is 2.15. The lowest BCUT2D eigenvalue weighted by Gasteiger charge is -2.15. The van der Waals surface area contributed by atoms with Gasteiger partial charge in [0.2, 0.25) is 0 Å². The Hall–Kier alpha value is -3.41. The fourth-order valence-electron chi connectivity index (χ4n) is 2.73. The highest BCUT2D eigenvalue weighted by Crippen LogP contribution is 2.26. The number of anilines is 2. The second-order valence-corrected chi connectivity index (χ2v) is 6.12. The van der Waals surface area contributed by atoms with Crippen LogP contribution in [0.1, 0.15) is 34.8 Å². The molecule has 0 aliphatic heterocycles. The number of nitrogens with one attached hydrogen (secondary N) is 2. The Morgan fingerprint density at radius 1 is 1.04 bits per heavy atom. The van der Waals surface area contributed by atoms with Gasteiger partial charge in [0.05, 0.1) is 18.8 Å². The van der Waals surface area contributed by atoms with Crippen molar-refractivity contribution in [3.8, 4) is 5.75 Å². The van der Waals surface area contributed by atoms with Gasteiger partial charge in [-0.2, -0.15) is 0 Å². The number of methoxy groups -OCH3 is 1. The number of aromatic nitrogens is 2. The lowest BCUT2D eigenvalue weighted by atomic mass is 10.1. The molecule has 3 rings (SSSR count). The van der Waals surface area contributed by atoms with E-state index in [0.717, 1.165) is 11.3 Å². The predicted octanol–water partition coefficient (Wildman–Crippen LogP) is 4.03. The van der Waals surface area contributed by atoms with Crippen molar-refractivity contribution >= 4 is 17.4 Å². The van der Waals surface area contributed by atoms with Gasteiger partial charge in [-0.3, -0.25) is 4.79 Å². The first-order chi connectivity index (χ1) is 13.1. The van der Waals surface area contributed by atoms with E-state index in [1.807, 2.05) is 61.5 Å². The van der Waals surface area contributed by atoms with Gasteiger partial charge in [0, 0.05) is 6.07 Å². The molecule has 0 bridgehead atoms. The summed E-state index contributed by atoms with van der Waals surface area (Å²) in [6.45, 7) is 3.69. The van der Waals surface area contributed by atoms with Crippen LogP contribution in [0.15, 0.2) is 60.7 Å². The number of aryl methyl sites for hydroxylation is 1. The lowest BCUT2D eigenvalue weighted by molar-refractivity contribution is 0.0934. The van der Waals surface area contributed by atoms with Gasteiger partial charge in [-0.25, -0.2) is 9.97 Å². The monoisotopic (exact) mass is 362 g/mol. The third kappa shape index (κ3) is 4.61. The Morgan fingerprint density at radius 3 is 2.48 bits per heavy atom. The largest absolute Gasteiger partial charge is 0.495 e.